The molecular weight excluding hydrogens is 350 g/mol. The number of aromatic nitrogens is 2. The van der Waals surface area contributed by atoms with E-state index in [0.717, 1.165) is 16.5 Å². The smallest absolute Gasteiger partial charge is 0.214 e. The highest BCUT2D eigenvalue weighted by Crippen LogP contribution is 2.60. The lowest BCUT2D eigenvalue weighted by molar-refractivity contribution is 0.0303. The average Bonchev–Trinajstić information content (AvgIpc) is 2.90. The van der Waals surface area contributed by atoms with Crippen molar-refractivity contribution in [2.75, 3.05) is 0 Å². The molecule has 0 amide bonds. The zero-order chi connectivity index (χ0) is 17.3. The molecule has 1 aromatic carbocycles. The molecule has 4 rings (SSSR count). The highest BCUT2D eigenvalue weighted by Gasteiger charge is 2.62. The molecule has 1 heterocycles. The van der Waals surface area contributed by atoms with E-state index in [9.17, 15) is 13.5 Å². The number of nitrogens with zero attached hydrogens (tertiary/aromatic N) is 1. The molecule has 0 saturated heterocycles. The molecule has 6 nitrogen and oxygen atoms in total. The van der Waals surface area contributed by atoms with Crippen molar-refractivity contribution >= 4 is 32.5 Å². The lowest BCUT2D eigenvalue weighted by atomic mass is 9.86. The molecule has 0 radical (unpaired) electrons. The first-order valence-electron chi connectivity index (χ1n) is 8.08. The summed E-state index contributed by atoms with van der Waals surface area (Å²) in [6.45, 7) is 3.33. The quantitative estimate of drug-likeness (QED) is 0.769. The maximum atomic E-state index is 12.0. The van der Waals surface area contributed by atoms with Crippen molar-refractivity contribution in [1.29, 1.82) is 0 Å². The molecule has 2 aromatic rings. The molecule has 130 valence electrons. The van der Waals surface area contributed by atoms with E-state index in [4.69, 9.17) is 11.6 Å². The molecule has 0 aliphatic heterocycles. The topological polar surface area (TPSA) is 95.1 Å². The lowest BCUT2D eigenvalue weighted by Crippen LogP contribution is -2.37. The molecule has 3 N–H and O–H groups in total. The number of benzene rings is 1. The van der Waals surface area contributed by atoms with Crippen molar-refractivity contribution in [2.45, 2.75) is 43.6 Å². The Hall–Kier alpha value is -1.15. The fourth-order valence-electron chi connectivity index (χ4n) is 3.99. The summed E-state index contributed by atoms with van der Waals surface area (Å²) in [4.78, 5) is 0. The normalized spacial score (nSPS) is 32.5. The first kappa shape index (κ1) is 16.3. The molecule has 24 heavy (non-hydrogen) atoms. The van der Waals surface area contributed by atoms with Crippen LogP contribution >= 0.6 is 11.6 Å². The third-order valence-corrected chi connectivity index (χ3v) is 7.48. The second kappa shape index (κ2) is 5.17. The molecule has 8 heteroatoms. The minimum Gasteiger partial charge on any atom is -0.385 e. The summed E-state index contributed by atoms with van der Waals surface area (Å²) >= 11 is 6.17. The van der Waals surface area contributed by atoms with E-state index in [2.05, 4.69) is 14.9 Å². The van der Waals surface area contributed by atoms with Crippen LogP contribution in [0.1, 0.15) is 32.3 Å². The predicted octanol–water partition coefficient (Wildman–Crippen LogP) is 2.14. The molecule has 0 spiro atoms. The van der Waals surface area contributed by atoms with E-state index in [1.54, 1.807) is 32.2 Å². The van der Waals surface area contributed by atoms with E-state index >= 15 is 0 Å². The van der Waals surface area contributed by atoms with Crippen LogP contribution in [0, 0.1) is 11.8 Å². The van der Waals surface area contributed by atoms with Gasteiger partial charge in [-0.3, -0.25) is 5.10 Å². The van der Waals surface area contributed by atoms with Crippen molar-refractivity contribution in [3.63, 3.8) is 0 Å². The number of nitrogens with one attached hydrogen (secondary N) is 2. The predicted molar refractivity (Wildman–Crippen MR) is 92.2 cm³/mol. The summed E-state index contributed by atoms with van der Waals surface area (Å²) in [7, 11) is -3.28. The van der Waals surface area contributed by atoms with Crippen LogP contribution in [0.15, 0.2) is 18.3 Å². The average molecular weight is 370 g/mol. The third kappa shape index (κ3) is 2.45. The van der Waals surface area contributed by atoms with Crippen LogP contribution in [-0.2, 0) is 15.6 Å². The Balaban J connectivity index is 1.57. The van der Waals surface area contributed by atoms with Gasteiger partial charge in [-0.15, -0.1) is 0 Å². The molecule has 2 aliphatic carbocycles. The van der Waals surface area contributed by atoms with Crippen LogP contribution in [0.25, 0.3) is 10.9 Å². The number of aromatic amines is 1. The van der Waals surface area contributed by atoms with Crippen LogP contribution in [-0.4, -0.2) is 35.0 Å². The van der Waals surface area contributed by atoms with E-state index in [1.807, 2.05) is 0 Å². The zero-order valence-corrected chi connectivity index (χ0v) is 15.0. The first-order chi connectivity index (χ1) is 11.2. The van der Waals surface area contributed by atoms with Gasteiger partial charge in [0, 0.05) is 16.5 Å². The van der Waals surface area contributed by atoms with Crippen molar-refractivity contribution in [2.24, 2.45) is 11.8 Å². The van der Waals surface area contributed by atoms with Gasteiger partial charge in [0.2, 0.25) is 10.0 Å². The summed E-state index contributed by atoms with van der Waals surface area (Å²) in [6.07, 6.45) is 2.76. The first-order valence-corrected chi connectivity index (χ1v) is 10.0. The number of rotatable bonds is 4. The molecule has 0 unspecified atom stereocenters. The van der Waals surface area contributed by atoms with Gasteiger partial charge >= 0.3 is 0 Å². The lowest BCUT2D eigenvalue weighted by Gasteiger charge is -2.27. The number of fused-ring (bicyclic) bond motifs is 2. The fourth-order valence-corrected chi connectivity index (χ4v) is 5.21. The highest BCUT2D eigenvalue weighted by molar-refractivity contribution is 7.90. The van der Waals surface area contributed by atoms with Crippen LogP contribution in [0.3, 0.4) is 0 Å². The van der Waals surface area contributed by atoms with Gasteiger partial charge in [0.25, 0.3) is 0 Å². The van der Waals surface area contributed by atoms with Crippen molar-refractivity contribution in [1.82, 2.24) is 14.9 Å². The summed E-state index contributed by atoms with van der Waals surface area (Å²) in [5.74, 6) is 0.342. The number of hydrogen-bond acceptors (Lipinski definition) is 4. The molecule has 1 aromatic heterocycles. The summed E-state index contributed by atoms with van der Waals surface area (Å²) in [5, 5.41) is 19.0. The minimum atomic E-state index is -3.28. The molecule has 2 fully saturated rings. The summed E-state index contributed by atoms with van der Waals surface area (Å²) in [6, 6.07) is 3.51. The van der Waals surface area contributed by atoms with Gasteiger partial charge in [-0.25, -0.2) is 13.1 Å². The van der Waals surface area contributed by atoms with Gasteiger partial charge in [0.1, 0.15) is 0 Å². The van der Waals surface area contributed by atoms with Crippen LogP contribution in [0.4, 0.5) is 0 Å². The number of hydrogen-bond donors (Lipinski definition) is 3. The Kier molecular flexibility index (Phi) is 3.52. The van der Waals surface area contributed by atoms with E-state index in [-0.39, 0.29) is 17.9 Å². The van der Waals surface area contributed by atoms with E-state index in [0.29, 0.717) is 17.9 Å². The zero-order valence-electron chi connectivity index (χ0n) is 13.5. The Labute approximate surface area is 145 Å². The Bertz CT molecular complexity index is 896. The molecular formula is C16H20ClN3O3S. The second-order valence-corrected chi connectivity index (χ2v) is 9.99. The van der Waals surface area contributed by atoms with Crippen LogP contribution in [0.2, 0.25) is 5.02 Å². The maximum Gasteiger partial charge on any atom is 0.214 e. The highest BCUT2D eigenvalue weighted by atomic mass is 35.5. The monoisotopic (exact) mass is 369 g/mol. The summed E-state index contributed by atoms with van der Waals surface area (Å²) < 4.78 is 26.8. The number of sulfonamides is 1. The summed E-state index contributed by atoms with van der Waals surface area (Å²) in [5.41, 5.74) is 0.585. The van der Waals surface area contributed by atoms with E-state index < -0.39 is 20.9 Å². The maximum absolute atomic E-state index is 12.0. The third-order valence-electron chi connectivity index (χ3n) is 5.42. The molecule has 0 bridgehead atoms. The Morgan fingerprint density at radius 2 is 2.04 bits per heavy atom. The van der Waals surface area contributed by atoms with Crippen molar-refractivity contribution in [3.05, 3.63) is 28.9 Å². The fraction of sp³-hybridized carbons (Fsp3) is 0.562. The van der Waals surface area contributed by atoms with Gasteiger partial charge in [0.05, 0.1) is 22.6 Å². The van der Waals surface area contributed by atoms with Crippen LogP contribution in [0.5, 0.6) is 0 Å². The number of aliphatic hydroxyl groups is 1. The largest absolute Gasteiger partial charge is 0.385 e. The standard InChI is InChI=1S/C16H20ClN3O3S/c1-8(2)24(22,23)20-15-10-5-16(21,6-11(10)15)13-3-9(17)4-14-12(13)7-18-19-14/h3-4,7-8,10-11,15,20-21H,5-6H2,1-2H3,(H,18,19)/t10-,11+,15+,16+. The molecule has 2 aliphatic rings. The van der Waals surface area contributed by atoms with Gasteiger partial charge in [0.15, 0.2) is 0 Å². The number of H-pyrrole nitrogens is 1. The van der Waals surface area contributed by atoms with Gasteiger partial charge in [-0.05, 0) is 56.2 Å². The minimum absolute atomic E-state index is 0.0586. The van der Waals surface area contributed by atoms with Gasteiger partial charge in [-0.2, -0.15) is 5.10 Å². The van der Waals surface area contributed by atoms with E-state index in [1.165, 1.54) is 0 Å². The van der Waals surface area contributed by atoms with Crippen molar-refractivity contribution in [3.8, 4) is 0 Å². The SMILES string of the molecule is CC(C)S(=O)(=O)N[C@H]1[C@@H]2C[C@@](O)(c3cc(Cl)cc4[nH]ncc34)C[C@@H]21. The van der Waals surface area contributed by atoms with Gasteiger partial charge < -0.3 is 5.11 Å². The number of halogens is 1. The molecule has 2 saturated carbocycles. The van der Waals surface area contributed by atoms with Crippen LogP contribution < -0.4 is 4.72 Å². The second-order valence-electron chi connectivity index (χ2n) is 7.29. The van der Waals surface area contributed by atoms with Crippen molar-refractivity contribution < 1.29 is 13.5 Å². The Morgan fingerprint density at radius 1 is 1.38 bits per heavy atom. The Morgan fingerprint density at radius 3 is 2.67 bits per heavy atom. The van der Waals surface area contributed by atoms with Gasteiger partial charge in [-0.1, -0.05) is 11.6 Å². The molecule has 4 atom stereocenters.